The van der Waals surface area contributed by atoms with E-state index in [0.29, 0.717) is 17.1 Å². The molecule has 0 amide bonds. The highest BCUT2D eigenvalue weighted by atomic mass is 35.5. The van der Waals surface area contributed by atoms with Crippen LogP contribution in [-0.2, 0) is 16.6 Å². The van der Waals surface area contributed by atoms with Crippen LogP contribution in [0.3, 0.4) is 0 Å². The van der Waals surface area contributed by atoms with E-state index in [2.05, 4.69) is 6.58 Å². The first-order valence-corrected chi connectivity index (χ1v) is 8.30. The van der Waals surface area contributed by atoms with Crippen LogP contribution in [-0.4, -0.2) is 32.9 Å². The van der Waals surface area contributed by atoms with E-state index in [1.165, 1.54) is 17.5 Å². The number of hydrogen-bond acceptors (Lipinski definition) is 4. The molecule has 21 heavy (non-hydrogen) atoms. The second-order valence-electron chi connectivity index (χ2n) is 4.69. The third-order valence-electron chi connectivity index (χ3n) is 2.94. The maximum Gasteiger partial charge on any atom is 0.247 e. The van der Waals surface area contributed by atoms with Gasteiger partial charge < -0.3 is 10.5 Å². The Kier molecular flexibility index (Phi) is 6.22. The van der Waals surface area contributed by atoms with Crippen molar-refractivity contribution in [1.82, 2.24) is 4.31 Å². The van der Waals surface area contributed by atoms with Crippen LogP contribution in [0, 0.1) is 0 Å². The molecule has 0 saturated carbocycles. The molecule has 0 atom stereocenters. The zero-order chi connectivity index (χ0) is 16.2. The molecule has 0 aliphatic heterocycles. The molecule has 0 heterocycles. The Hall–Kier alpha value is -1.08. The van der Waals surface area contributed by atoms with Crippen molar-refractivity contribution in [1.29, 1.82) is 0 Å². The van der Waals surface area contributed by atoms with Gasteiger partial charge >= 0.3 is 0 Å². The SMILES string of the molecule is C=C(C)CN(CC)S(=O)(=O)c1cc(Cl)cc(CN)c1OC. The van der Waals surface area contributed by atoms with E-state index >= 15 is 0 Å². The number of sulfonamides is 1. The number of rotatable bonds is 7. The number of nitrogens with zero attached hydrogens (tertiary/aromatic N) is 1. The second kappa shape index (κ2) is 7.26. The van der Waals surface area contributed by atoms with Crippen LogP contribution in [0.4, 0.5) is 0 Å². The average molecular weight is 333 g/mol. The van der Waals surface area contributed by atoms with Crippen LogP contribution in [0.15, 0.2) is 29.2 Å². The van der Waals surface area contributed by atoms with Gasteiger partial charge in [0.05, 0.1) is 7.11 Å². The fourth-order valence-corrected chi connectivity index (χ4v) is 4.04. The van der Waals surface area contributed by atoms with Crippen molar-refractivity contribution in [2.24, 2.45) is 5.73 Å². The van der Waals surface area contributed by atoms with Gasteiger partial charge in [-0.15, -0.1) is 0 Å². The molecule has 0 radical (unpaired) electrons. The highest BCUT2D eigenvalue weighted by molar-refractivity contribution is 7.89. The third-order valence-corrected chi connectivity index (χ3v) is 5.08. The molecule has 0 aliphatic carbocycles. The van der Waals surface area contributed by atoms with Gasteiger partial charge in [-0.1, -0.05) is 30.7 Å². The summed E-state index contributed by atoms with van der Waals surface area (Å²) in [5.74, 6) is 0.238. The van der Waals surface area contributed by atoms with Gasteiger partial charge in [0.2, 0.25) is 10.0 Å². The minimum Gasteiger partial charge on any atom is -0.495 e. The Morgan fingerprint density at radius 3 is 2.52 bits per heavy atom. The van der Waals surface area contributed by atoms with Gasteiger partial charge in [0.15, 0.2) is 0 Å². The summed E-state index contributed by atoms with van der Waals surface area (Å²) in [6.45, 7) is 8.00. The van der Waals surface area contributed by atoms with Crippen LogP contribution in [0.25, 0.3) is 0 Å². The van der Waals surface area contributed by atoms with Gasteiger partial charge in [-0.3, -0.25) is 0 Å². The summed E-state index contributed by atoms with van der Waals surface area (Å²) in [5.41, 5.74) is 6.94. The van der Waals surface area contributed by atoms with Crippen LogP contribution in [0.5, 0.6) is 5.75 Å². The summed E-state index contributed by atoms with van der Waals surface area (Å²) in [7, 11) is -2.32. The Morgan fingerprint density at radius 2 is 2.10 bits per heavy atom. The quantitative estimate of drug-likeness (QED) is 0.778. The zero-order valence-corrected chi connectivity index (χ0v) is 14.1. The van der Waals surface area contributed by atoms with Crippen LogP contribution in [0.2, 0.25) is 5.02 Å². The lowest BCUT2D eigenvalue weighted by molar-refractivity contribution is 0.392. The van der Waals surface area contributed by atoms with Crippen molar-refractivity contribution in [3.8, 4) is 5.75 Å². The molecule has 2 N–H and O–H groups in total. The van der Waals surface area contributed by atoms with Gasteiger partial charge in [0, 0.05) is 30.2 Å². The lowest BCUT2D eigenvalue weighted by Crippen LogP contribution is -2.32. The maximum atomic E-state index is 12.8. The topological polar surface area (TPSA) is 72.6 Å². The maximum absolute atomic E-state index is 12.8. The molecule has 5 nitrogen and oxygen atoms in total. The van der Waals surface area contributed by atoms with E-state index in [-0.39, 0.29) is 23.7 Å². The van der Waals surface area contributed by atoms with Crippen LogP contribution < -0.4 is 10.5 Å². The molecular weight excluding hydrogens is 312 g/mol. The molecule has 118 valence electrons. The summed E-state index contributed by atoms with van der Waals surface area (Å²) >= 11 is 6.01. The standard InChI is InChI=1S/C14H21ClN2O3S/c1-5-17(9-10(2)3)21(18,19)13-7-12(15)6-11(8-16)14(13)20-4/h6-7H,2,5,8-9,16H2,1,3-4H3. The summed E-state index contributed by atoms with van der Waals surface area (Å²) < 4.78 is 32.2. The first-order valence-electron chi connectivity index (χ1n) is 6.48. The molecule has 1 rings (SSSR count). The minimum absolute atomic E-state index is 0.0288. The van der Waals surface area contributed by atoms with Crippen molar-refractivity contribution >= 4 is 21.6 Å². The molecular formula is C14H21ClN2O3S. The van der Waals surface area contributed by atoms with Gasteiger partial charge in [0.25, 0.3) is 0 Å². The fourth-order valence-electron chi connectivity index (χ4n) is 2.00. The van der Waals surface area contributed by atoms with Crippen molar-refractivity contribution in [2.75, 3.05) is 20.2 Å². The van der Waals surface area contributed by atoms with E-state index in [1.54, 1.807) is 19.9 Å². The van der Waals surface area contributed by atoms with E-state index in [1.807, 2.05) is 0 Å². The van der Waals surface area contributed by atoms with E-state index in [4.69, 9.17) is 22.1 Å². The highest BCUT2D eigenvalue weighted by Crippen LogP contribution is 2.33. The second-order valence-corrected chi connectivity index (χ2v) is 7.03. The zero-order valence-electron chi connectivity index (χ0n) is 12.5. The molecule has 0 aliphatic rings. The van der Waals surface area contributed by atoms with Crippen LogP contribution >= 0.6 is 11.6 Å². The molecule has 7 heteroatoms. The van der Waals surface area contributed by atoms with Gasteiger partial charge in [-0.25, -0.2) is 8.42 Å². The first kappa shape index (κ1) is 18.0. The number of hydrogen-bond donors (Lipinski definition) is 1. The normalized spacial score (nSPS) is 11.7. The molecule has 1 aromatic rings. The molecule has 0 fully saturated rings. The molecule has 0 saturated heterocycles. The molecule has 0 spiro atoms. The fraction of sp³-hybridized carbons (Fsp3) is 0.429. The Morgan fingerprint density at radius 1 is 1.48 bits per heavy atom. The highest BCUT2D eigenvalue weighted by Gasteiger charge is 2.28. The summed E-state index contributed by atoms with van der Waals surface area (Å²) in [5, 5.41) is 0.307. The summed E-state index contributed by atoms with van der Waals surface area (Å²) in [4.78, 5) is 0.0288. The van der Waals surface area contributed by atoms with Crippen molar-refractivity contribution in [3.05, 3.63) is 34.9 Å². The number of halogens is 1. The number of nitrogens with two attached hydrogens (primary N) is 1. The van der Waals surface area contributed by atoms with Crippen molar-refractivity contribution in [3.63, 3.8) is 0 Å². The number of benzene rings is 1. The van der Waals surface area contributed by atoms with Crippen LogP contribution in [0.1, 0.15) is 19.4 Å². The van der Waals surface area contributed by atoms with Gasteiger partial charge in [-0.05, 0) is 19.1 Å². The summed E-state index contributed by atoms with van der Waals surface area (Å²) in [6.07, 6.45) is 0. The lowest BCUT2D eigenvalue weighted by atomic mass is 10.2. The molecule has 0 aromatic heterocycles. The molecule has 1 aromatic carbocycles. The third kappa shape index (κ3) is 3.97. The van der Waals surface area contributed by atoms with Gasteiger partial charge in [-0.2, -0.15) is 4.31 Å². The summed E-state index contributed by atoms with van der Waals surface area (Å²) in [6, 6.07) is 2.99. The first-order chi connectivity index (χ1) is 9.77. The Balaban J connectivity index is 3.49. The number of likely N-dealkylation sites (N-methyl/N-ethyl adjacent to an activating group) is 1. The van der Waals surface area contributed by atoms with Crippen molar-refractivity contribution < 1.29 is 13.2 Å². The minimum atomic E-state index is -3.74. The number of ether oxygens (including phenoxy) is 1. The van der Waals surface area contributed by atoms with E-state index in [0.717, 1.165) is 5.57 Å². The Bertz CT molecular complexity index is 629. The van der Waals surface area contributed by atoms with E-state index < -0.39 is 10.0 Å². The van der Waals surface area contributed by atoms with Gasteiger partial charge in [0.1, 0.15) is 10.6 Å². The van der Waals surface area contributed by atoms with E-state index in [9.17, 15) is 8.42 Å². The van der Waals surface area contributed by atoms with Crippen molar-refractivity contribution in [2.45, 2.75) is 25.3 Å². The predicted molar refractivity (Wildman–Crippen MR) is 85.1 cm³/mol. The largest absolute Gasteiger partial charge is 0.495 e. The predicted octanol–water partition coefficient (Wildman–Crippen LogP) is 2.39. The molecule has 0 unspecified atom stereocenters. The monoisotopic (exact) mass is 332 g/mol. The average Bonchev–Trinajstić information content (AvgIpc) is 2.43. The Labute approximate surface area is 131 Å². The smallest absolute Gasteiger partial charge is 0.247 e. The number of methoxy groups -OCH3 is 1. The lowest BCUT2D eigenvalue weighted by Gasteiger charge is -2.23. The molecule has 0 bridgehead atoms.